The highest BCUT2D eigenvalue weighted by Gasteiger charge is 3.02. The van der Waals surface area contributed by atoms with Crippen LogP contribution in [0.2, 0.25) is 0 Å². The van der Waals surface area contributed by atoms with Gasteiger partial charge in [-0.15, -0.1) is 0 Å². The third kappa shape index (κ3) is 0.394. The minimum Gasteiger partial charge on any atom is -0.390 e. The summed E-state index contributed by atoms with van der Waals surface area (Å²) in [4.78, 5) is 0. The smallest absolute Gasteiger partial charge is 0.0667 e. The fraction of sp³-hybridized carbons (Fsp3) is 1.00. The molecule has 0 aromatic carbocycles. The monoisotopic (exact) mass is 216 g/mol. The van der Waals surface area contributed by atoms with Crippen LogP contribution in [0.1, 0.15) is 26.7 Å². The molecule has 4 aliphatic carbocycles. The summed E-state index contributed by atoms with van der Waals surface area (Å²) in [6, 6.07) is 0. The van der Waals surface area contributed by atoms with Crippen molar-refractivity contribution in [2.24, 2.45) is 17.3 Å². The molecule has 0 aliphatic heterocycles. The lowest BCUT2D eigenvalue weighted by Crippen LogP contribution is -2.29. The van der Waals surface area contributed by atoms with Crippen LogP contribution < -0.4 is 0 Å². The van der Waals surface area contributed by atoms with Crippen molar-refractivity contribution in [2.75, 3.05) is 0 Å². The van der Waals surface area contributed by atoms with Crippen LogP contribution in [0.5, 0.6) is 0 Å². The largest absolute Gasteiger partial charge is 0.390 e. The summed E-state index contributed by atoms with van der Waals surface area (Å²) in [6.45, 7) is 3.93. The van der Waals surface area contributed by atoms with E-state index in [1.54, 1.807) is 0 Å². The van der Waals surface area contributed by atoms with E-state index in [-0.39, 0.29) is 0 Å². The van der Waals surface area contributed by atoms with Gasteiger partial charge in [-0.3, -0.25) is 0 Å². The maximum Gasteiger partial charge on any atom is 0.0667 e. The third-order valence-corrected chi connectivity index (χ3v) is 6.10. The van der Waals surface area contributed by atoms with E-state index in [2.05, 4.69) is 15.9 Å². The molecule has 0 saturated heterocycles. The maximum absolute atomic E-state index is 9.97. The van der Waals surface area contributed by atoms with Crippen molar-refractivity contribution in [1.82, 2.24) is 0 Å². The molecule has 0 heterocycles. The molecule has 2 bridgehead atoms. The van der Waals surface area contributed by atoms with Gasteiger partial charge in [0.1, 0.15) is 0 Å². The topological polar surface area (TPSA) is 20.2 Å². The van der Waals surface area contributed by atoms with E-state index in [9.17, 15) is 5.11 Å². The lowest BCUT2D eigenvalue weighted by molar-refractivity contribution is 0.0159. The Morgan fingerprint density at radius 3 is 2.00 bits per heavy atom. The summed E-state index contributed by atoms with van der Waals surface area (Å²) in [5.74, 6) is 1.58. The Bertz CT molecular complexity index is 221. The van der Waals surface area contributed by atoms with E-state index in [1.165, 1.54) is 12.8 Å². The molecular formula is C9H13BrO. The van der Waals surface area contributed by atoms with Crippen molar-refractivity contribution in [3.8, 4) is 0 Å². The van der Waals surface area contributed by atoms with Crippen LogP contribution in [-0.4, -0.2) is 15.0 Å². The van der Waals surface area contributed by atoms with Crippen LogP contribution in [0.3, 0.4) is 0 Å². The fourth-order valence-electron chi connectivity index (χ4n) is 4.04. The predicted molar refractivity (Wildman–Crippen MR) is 46.6 cm³/mol. The van der Waals surface area contributed by atoms with Crippen LogP contribution in [-0.2, 0) is 0 Å². The minimum atomic E-state index is -0.456. The normalized spacial score (nSPS) is 64.4. The van der Waals surface area contributed by atoms with Crippen LogP contribution in [0, 0.1) is 17.3 Å². The van der Waals surface area contributed by atoms with Crippen molar-refractivity contribution in [3.63, 3.8) is 0 Å². The SMILES string of the molecule is CC(C)(O)C12C3CCC1C32Br. The van der Waals surface area contributed by atoms with Gasteiger partial charge in [0.15, 0.2) is 0 Å². The molecule has 0 spiro atoms. The van der Waals surface area contributed by atoms with Crippen molar-refractivity contribution < 1.29 is 5.11 Å². The molecule has 1 N–H and O–H groups in total. The summed E-state index contributed by atoms with van der Waals surface area (Å²) in [5.41, 5.74) is -0.164. The Morgan fingerprint density at radius 1 is 1.36 bits per heavy atom. The lowest BCUT2D eigenvalue weighted by atomic mass is 9.89. The molecule has 4 rings (SSSR count). The van der Waals surface area contributed by atoms with E-state index < -0.39 is 5.60 Å². The van der Waals surface area contributed by atoms with Gasteiger partial charge < -0.3 is 5.11 Å². The molecule has 0 aromatic rings. The zero-order valence-electron chi connectivity index (χ0n) is 6.89. The summed E-state index contributed by atoms with van der Waals surface area (Å²) in [6.07, 6.45) is 2.67. The van der Waals surface area contributed by atoms with Gasteiger partial charge in [-0.1, -0.05) is 15.9 Å². The van der Waals surface area contributed by atoms with E-state index in [1.807, 2.05) is 13.8 Å². The van der Waals surface area contributed by atoms with Crippen LogP contribution in [0.15, 0.2) is 0 Å². The second-order valence-electron chi connectivity index (χ2n) is 4.88. The van der Waals surface area contributed by atoms with E-state index >= 15 is 0 Å². The molecule has 62 valence electrons. The first-order valence-electron chi connectivity index (χ1n) is 4.38. The number of rotatable bonds is 1. The number of fused-ring (bicyclic) bond motifs is 1. The van der Waals surface area contributed by atoms with Gasteiger partial charge >= 0.3 is 0 Å². The van der Waals surface area contributed by atoms with Gasteiger partial charge in [0, 0.05) is 9.74 Å². The van der Waals surface area contributed by atoms with E-state index in [0.717, 1.165) is 11.8 Å². The highest BCUT2D eigenvalue weighted by atomic mass is 79.9. The average molecular weight is 217 g/mol. The zero-order chi connectivity index (χ0) is 8.07. The van der Waals surface area contributed by atoms with Crippen LogP contribution in [0.4, 0.5) is 0 Å². The van der Waals surface area contributed by atoms with Gasteiger partial charge in [-0.05, 0) is 38.5 Å². The number of hydrogen-bond acceptors (Lipinski definition) is 1. The minimum absolute atomic E-state index is 0.292. The number of aliphatic hydroxyl groups is 1. The van der Waals surface area contributed by atoms with Gasteiger partial charge in [0.25, 0.3) is 0 Å². The molecule has 11 heavy (non-hydrogen) atoms. The Hall–Kier alpha value is 0.440. The molecule has 0 aromatic heterocycles. The van der Waals surface area contributed by atoms with Crippen molar-refractivity contribution in [3.05, 3.63) is 0 Å². The van der Waals surface area contributed by atoms with Gasteiger partial charge in [-0.25, -0.2) is 0 Å². The molecule has 4 aliphatic rings. The third-order valence-electron chi connectivity index (χ3n) is 4.34. The standard InChI is InChI=1S/C9H13BrO/c1-7(2,11)8-5-3-4-6(8)9(5,8)10/h5-6,11H,3-4H2,1-2H3. The van der Waals surface area contributed by atoms with Crippen molar-refractivity contribution in [2.45, 2.75) is 36.6 Å². The molecule has 0 amide bonds. The molecule has 0 radical (unpaired) electrons. The quantitative estimate of drug-likeness (QED) is 0.665. The predicted octanol–water partition coefficient (Wildman–Crippen LogP) is 1.93. The fourth-order valence-corrected chi connectivity index (χ4v) is 6.03. The Labute approximate surface area is 75.3 Å². The highest BCUT2D eigenvalue weighted by molar-refractivity contribution is 9.10. The first kappa shape index (κ1) is 6.90. The molecule has 4 saturated carbocycles. The summed E-state index contributed by atoms with van der Waals surface area (Å²) >= 11 is 3.79. The molecule has 1 nitrogen and oxygen atoms in total. The Balaban J connectivity index is 2.04. The van der Waals surface area contributed by atoms with Crippen molar-refractivity contribution >= 4 is 15.9 Å². The first-order chi connectivity index (χ1) is 4.97. The van der Waals surface area contributed by atoms with Gasteiger partial charge in [-0.2, -0.15) is 0 Å². The van der Waals surface area contributed by atoms with Gasteiger partial charge in [0.05, 0.1) is 5.60 Å². The number of alkyl halides is 1. The zero-order valence-corrected chi connectivity index (χ0v) is 8.48. The highest BCUT2D eigenvalue weighted by Crippen LogP contribution is 3.00. The Kier molecular flexibility index (Phi) is 0.835. The molecule has 2 heteroatoms. The number of hydrogen-bond donors (Lipinski definition) is 1. The molecule has 2 unspecified atom stereocenters. The number of halogens is 1. The second-order valence-corrected chi connectivity index (χ2v) is 6.19. The summed E-state index contributed by atoms with van der Waals surface area (Å²) in [5, 5.41) is 9.97. The molecule has 2 atom stereocenters. The van der Waals surface area contributed by atoms with Crippen molar-refractivity contribution in [1.29, 1.82) is 0 Å². The second kappa shape index (κ2) is 1.33. The van der Waals surface area contributed by atoms with Gasteiger partial charge in [0.2, 0.25) is 0 Å². The first-order valence-corrected chi connectivity index (χ1v) is 5.18. The van der Waals surface area contributed by atoms with Crippen LogP contribution in [0.25, 0.3) is 0 Å². The summed E-state index contributed by atoms with van der Waals surface area (Å²) in [7, 11) is 0. The van der Waals surface area contributed by atoms with E-state index in [0.29, 0.717) is 9.74 Å². The average Bonchev–Trinajstić information content (AvgIpc) is 2.49. The van der Waals surface area contributed by atoms with E-state index in [4.69, 9.17) is 0 Å². The molecule has 4 fully saturated rings. The van der Waals surface area contributed by atoms with Crippen LogP contribution >= 0.6 is 15.9 Å². The maximum atomic E-state index is 9.97. The Morgan fingerprint density at radius 2 is 1.82 bits per heavy atom. The lowest BCUT2D eigenvalue weighted by Gasteiger charge is -2.23. The molecular weight excluding hydrogens is 204 g/mol. The summed E-state index contributed by atoms with van der Waals surface area (Å²) < 4.78 is 0.387.